The first-order valence-electron chi connectivity index (χ1n) is 6.42. The van der Waals surface area contributed by atoms with Gasteiger partial charge in [0.25, 0.3) is 0 Å². The van der Waals surface area contributed by atoms with Crippen LogP contribution in [0.15, 0.2) is 12.7 Å². The van der Waals surface area contributed by atoms with Gasteiger partial charge in [0.2, 0.25) is 0 Å². The monoisotopic (exact) mass is 263 g/mol. The van der Waals surface area contributed by atoms with Gasteiger partial charge in [-0.1, -0.05) is 0 Å². The van der Waals surface area contributed by atoms with Gasteiger partial charge in [0.05, 0.1) is 12.4 Å². The van der Waals surface area contributed by atoms with E-state index in [0.29, 0.717) is 23.4 Å². The molecule has 4 N–H and O–H groups in total. The van der Waals surface area contributed by atoms with Crippen LogP contribution in [0.4, 0.5) is 5.82 Å². The van der Waals surface area contributed by atoms with Crippen LogP contribution < -0.4 is 5.73 Å². The van der Waals surface area contributed by atoms with Crippen molar-refractivity contribution in [3.05, 3.63) is 12.7 Å². The van der Waals surface area contributed by atoms with Crippen LogP contribution in [0, 0.1) is 5.92 Å². The lowest BCUT2D eigenvalue weighted by molar-refractivity contribution is 0.0189. The van der Waals surface area contributed by atoms with Gasteiger partial charge in [0.1, 0.15) is 11.8 Å². The van der Waals surface area contributed by atoms with Crippen LogP contribution >= 0.6 is 0 Å². The molecule has 7 nitrogen and oxygen atoms in total. The van der Waals surface area contributed by atoms with Gasteiger partial charge in [0.15, 0.2) is 11.5 Å². The molecule has 2 aromatic heterocycles. The molecule has 0 amide bonds. The highest BCUT2D eigenvalue weighted by atomic mass is 16.3. The highest BCUT2D eigenvalue weighted by Crippen LogP contribution is 2.34. The van der Waals surface area contributed by atoms with Crippen molar-refractivity contribution in [3.63, 3.8) is 0 Å². The predicted octanol–water partition coefficient (Wildman–Crippen LogP) is 0.103. The SMILES string of the molecule is Nc1ncnc2c1ncn2[C@@H]1CC[C@@H](CO)[C@H](O)C1. The Morgan fingerprint density at radius 1 is 1.32 bits per heavy atom. The minimum atomic E-state index is -0.486. The fourth-order valence-electron chi connectivity index (χ4n) is 2.79. The largest absolute Gasteiger partial charge is 0.396 e. The van der Waals surface area contributed by atoms with Crippen molar-refractivity contribution in [3.8, 4) is 0 Å². The zero-order chi connectivity index (χ0) is 13.4. The van der Waals surface area contributed by atoms with Crippen LogP contribution in [0.5, 0.6) is 0 Å². The van der Waals surface area contributed by atoms with Gasteiger partial charge >= 0.3 is 0 Å². The van der Waals surface area contributed by atoms with Gasteiger partial charge in [0, 0.05) is 18.6 Å². The molecule has 1 saturated carbocycles. The number of imidazole rings is 1. The van der Waals surface area contributed by atoms with E-state index in [2.05, 4.69) is 15.0 Å². The molecular weight excluding hydrogens is 246 g/mol. The molecule has 2 heterocycles. The van der Waals surface area contributed by atoms with Crippen molar-refractivity contribution in [2.24, 2.45) is 5.92 Å². The van der Waals surface area contributed by atoms with E-state index in [4.69, 9.17) is 5.73 Å². The van der Waals surface area contributed by atoms with Crippen LogP contribution in [0.1, 0.15) is 25.3 Å². The van der Waals surface area contributed by atoms with Crippen molar-refractivity contribution in [2.75, 3.05) is 12.3 Å². The van der Waals surface area contributed by atoms with Crippen LogP contribution in [0.2, 0.25) is 0 Å². The standard InChI is InChI=1S/C12H17N5O2/c13-11-10-12(15-5-14-11)17(6-16-10)8-2-1-7(4-18)9(19)3-8/h5-9,18-19H,1-4H2,(H2,13,14,15)/t7-,8+,9+/m0/s1. The fourth-order valence-corrected chi connectivity index (χ4v) is 2.79. The molecule has 0 saturated heterocycles. The third-order valence-electron chi connectivity index (χ3n) is 3.94. The zero-order valence-corrected chi connectivity index (χ0v) is 10.5. The van der Waals surface area contributed by atoms with E-state index in [1.807, 2.05) is 4.57 Å². The van der Waals surface area contributed by atoms with Crippen molar-refractivity contribution >= 4 is 17.0 Å². The van der Waals surface area contributed by atoms with Crippen molar-refractivity contribution < 1.29 is 10.2 Å². The number of aliphatic hydroxyl groups is 2. The average molecular weight is 263 g/mol. The van der Waals surface area contributed by atoms with Gasteiger partial charge < -0.3 is 20.5 Å². The Balaban J connectivity index is 1.91. The second kappa shape index (κ2) is 4.75. The third kappa shape index (κ3) is 2.04. The first-order chi connectivity index (χ1) is 9.20. The second-order valence-electron chi connectivity index (χ2n) is 5.06. The van der Waals surface area contributed by atoms with Crippen LogP contribution in [-0.4, -0.2) is 42.4 Å². The number of fused-ring (bicyclic) bond motifs is 1. The first-order valence-corrected chi connectivity index (χ1v) is 6.42. The maximum Gasteiger partial charge on any atom is 0.165 e. The number of hydrogen-bond donors (Lipinski definition) is 3. The summed E-state index contributed by atoms with van der Waals surface area (Å²) in [5.74, 6) is 0.346. The summed E-state index contributed by atoms with van der Waals surface area (Å²) < 4.78 is 1.95. The molecule has 0 spiro atoms. The highest BCUT2D eigenvalue weighted by molar-refractivity contribution is 5.81. The van der Waals surface area contributed by atoms with Gasteiger partial charge in [-0.25, -0.2) is 15.0 Å². The molecule has 3 rings (SSSR count). The van der Waals surface area contributed by atoms with Crippen molar-refractivity contribution in [1.29, 1.82) is 0 Å². The van der Waals surface area contributed by atoms with E-state index in [1.54, 1.807) is 6.33 Å². The first kappa shape index (κ1) is 12.3. The Kier molecular flexibility index (Phi) is 3.08. The van der Waals surface area contributed by atoms with Crippen LogP contribution in [0.3, 0.4) is 0 Å². The normalized spacial score (nSPS) is 27.8. The van der Waals surface area contributed by atoms with E-state index < -0.39 is 6.10 Å². The lowest BCUT2D eigenvalue weighted by Crippen LogP contribution is -2.32. The fraction of sp³-hybridized carbons (Fsp3) is 0.583. The Morgan fingerprint density at radius 3 is 2.89 bits per heavy atom. The number of aliphatic hydroxyl groups excluding tert-OH is 2. The summed E-state index contributed by atoms with van der Waals surface area (Å²) in [6, 6.07) is 0.136. The van der Waals surface area contributed by atoms with Gasteiger partial charge in [-0.2, -0.15) is 0 Å². The Bertz CT molecular complexity index is 585. The maximum atomic E-state index is 10.0. The summed E-state index contributed by atoms with van der Waals surface area (Å²) in [7, 11) is 0. The summed E-state index contributed by atoms with van der Waals surface area (Å²) >= 11 is 0. The topological polar surface area (TPSA) is 110 Å². The quantitative estimate of drug-likeness (QED) is 0.709. The van der Waals surface area contributed by atoms with Crippen molar-refractivity contribution in [1.82, 2.24) is 19.5 Å². The minimum absolute atomic E-state index is 0.0225. The average Bonchev–Trinajstić information content (AvgIpc) is 2.84. The molecule has 0 bridgehead atoms. The number of rotatable bonds is 2. The van der Waals surface area contributed by atoms with Crippen molar-refractivity contribution in [2.45, 2.75) is 31.4 Å². The summed E-state index contributed by atoms with van der Waals surface area (Å²) in [4.78, 5) is 12.4. The van der Waals surface area contributed by atoms with Gasteiger partial charge in [-0.3, -0.25) is 0 Å². The molecule has 0 aromatic carbocycles. The van der Waals surface area contributed by atoms with E-state index >= 15 is 0 Å². The third-order valence-corrected chi connectivity index (χ3v) is 3.94. The molecule has 102 valence electrons. The molecule has 0 aliphatic heterocycles. The number of nitrogen functional groups attached to an aromatic ring is 1. The zero-order valence-electron chi connectivity index (χ0n) is 10.5. The summed E-state index contributed by atoms with van der Waals surface area (Å²) in [6.45, 7) is 0.0354. The molecule has 0 radical (unpaired) electrons. The molecular formula is C12H17N5O2. The molecule has 2 aromatic rings. The molecule has 3 atom stereocenters. The molecule has 1 aliphatic rings. The molecule has 7 heteroatoms. The maximum absolute atomic E-state index is 10.0. The number of aromatic nitrogens is 4. The number of nitrogens with two attached hydrogens (primary N) is 1. The summed E-state index contributed by atoms with van der Waals surface area (Å²) in [5, 5.41) is 19.2. The van der Waals surface area contributed by atoms with Gasteiger partial charge in [-0.15, -0.1) is 0 Å². The molecule has 19 heavy (non-hydrogen) atoms. The smallest absolute Gasteiger partial charge is 0.165 e. The van der Waals surface area contributed by atoms with Gasteiger partial charge in [-0.05, 0) is 19.3 Å². The summed E-state index contributed by atoms with van der Waals surface area (Å²) in [5.41, 5.74) is 7.06. The molecule has 0 unspecified atom stereocenters. The molecule has 1 aliphatic carbocycles. The molecule has 1 fully saturated rings. The van der Waals surface area contributed by atoms with E-state index in [0.717, 1.165) is 12.8 Å². The Labute approximate surface area is 110 Å². The van der Waals surface area contributed by atoms with E-state index in [-0.39, 0.29) is 18.6 Å². The number of nitrogens with zero attached hydrogens (tertiary/aromatic N) is 4. The lowest BCUT2D eigenvalue weighted by atomic mass is 9.84. The Morgan fingerprint density at radius 2 is 2.16 bits per heavy atom. The Hall–Kier alpha value is -1.73. The van der Waals surface area contributed by atoms with E-state index in [9.17, 15) is 10.2 Å². The lowest BCUT2D eigenvalue weighted by Gasteiger charge is -2.32. The number of anilines is 1. The second-order valence-corrected chi connectivity index (χ2v) is 5.06. The predicted molar refractivity (Wildman–Crippen MR) is 69.2 cm³/mol. The highest BCUT2D eigenvalue weighted by Gasteiger charge is 2.30. The number of hydrogen-bond acceptors (Lipinski definition) is 6. The summed E-state index contributed by atoms with van der Waals surface area (Å²) in [6.07, 6.45) is 4.92. The van der Waals surface area contributed by atoms with E-state index in [1.165, 1.54) is 6.33 Å². The van der Waals surface area contributed by atoms with Crippen LogP contribution in [0.25, 0.3) is 11.2 Å². The minimum Gasteiger partial charge on any atom is -0.396 e. The van der Waals surface area contributed by atoms with Crippen LogP contribution in [-0.2, 0) is 0 Å².